The molecule has 2 aromatic rings. The number of furan rings is 1. The van der Waals surface area contributed by atoms with Gasteiger partial charge in [0.05, 0.1) is 41.1 Å². The van der Waals surface area contributed by atoms with Gasteiger partial charge in [0.15, 0.2) is 5.76 Å². The molecule has 0 saturated carbocycles. The van der Waals surface area contributed by atoms with Crippen molar-refractivity contribution in [3.63, 3.8) is 0 Å². The van der Waals surface area contributed by atoms with Crippen LogP contribution in [-0.4, -0.2) is 96.9 Å². The standard InChI is InChI=1S/C28H34N4O6/c1-28(2,37-3)18-32-25(34)20-8-4-9-21(23(20)27(32)36)31-11-5-7-19(17-31)24(33)29-12-14-30(15-13-29)26(35)22-10-6-16-38-22/h4,6,8-10,16,19H,5,7,11-15,17-18H2,1-3H3. The summed E-state index contributed by atoms with van der Waals surface area (Å²) in [7, 11) is 1.56. The maximum absolute atomic E-state index is 13.5. The lowest BCUT2D eigenvalue weighted by atomic mass is 9.94. The number of hydrogen-bond acceptors (Lipinski definition) is 7. The highest BCUT2D eigenvalue weighted by Crippen LogP contribution is 2.35. The van der Waals surface area contributed by atoms with Gasteiger partial charge in [-0.2, -0.15) is 0 Å². The maximum atomic E-state index is 13.5. The Morgan fingerprint density at radius 2 is 1.74 bits per heavy atom. The Morgan fingerprint density at radius 3 is 2.42 bits per heavy atom. The maximum Gasteiger partial charge on any atom is 0.289 e. The SMILES string of the molecule is COC(C)(C)CN1C(=O)c2cccc(N3CCCC(C(=O)N4CCN(C(=O)c5ccco5)CC4)C3)c2C1=O. The van der Waals surface area contributed by atoms with Gasteiger partial charge < -0.3 is 23.9 Å². The van der Waals surface area contributed by atoms with Crippen molar-refractivity contribution in [1.29, 1.82) is 0 Å². The molecule has 0 radical (unpaired) electrons. The van der Waals surface area contributed by atoms with Crippen molar-refractivity contribution in [2.75, 3.05) is 57.8 Å². The second-order valence-corrected chi connectivity index (χ2v) is 10.7. The Kier molecular flexibility index (Phi) is 7.00. The molecule has 202 valence electrons. The zero-order chi connectivity index (χ0) is 27.0. The molecule has 1 unspecified atom stereocenters. The number of nitrogens with zero attached hydrogens (tertiary/aromatic N) is 4. The lowest BCUT2D eigenvalue weighted by Crippen LogP contribution is -2.53. The van der Waals surface area contributed by atoms with Crippen LogP contribution in [-0.2, 0) is 9.53 Å². The molecule has 1 aromatic carbocycles. The van der Waals surface area contributed by atoms with E-state index < -0.39 is 5.60 Å². The van der Waals surface area contributed by atoms with E-state index in [4.69, 9.17) is 9.15 Å². The third-order valence-corrected chi connectivity index (χ3v) is 7.79. The summed E-state index contributed by atoms with van der Waals surface area (Å²) in [5, 5.41) is 0. The summed E-state index contributed by atoms with van der Waals surface area (Å²) in [5.41, 5.74) is 0.834. The van der Waals surface area contributed by atoms with Gasteiger partial charge in [0.1, 0.15) is 0 Å². The van der Waals surface area contributed by atoms with Gasteiger partial charge in [-0.1, -0.05) is 6.07 Å². The lowest BCUT2D eigenvalue weighted by Gasteiger charge is -2.39. The van der Waals surface area contributed by atoms with Crippen LogP contribution in [0.25, 0.3) is 0 Å². The van der Waals surface area contributed by atoms with Gasteiger partial charge in [0.2, 0.25) is 5.91 Å². The fourth-order valence-corrected chi connectivity index (χ4v) is 5.51. The molecule has 0 bridgehead atoms. The lowest BCUT2D eigenvalue weighted by molar-refractivity contribution is -0.137. The molecule has 4 amide bonds. The van der Waals surface area contributed by atoms with Crippen LogP contribution < -0.4 is 4.90 Å². The normalized spacial score (nSPS) is 20.2. The molecule has 1 atom stereocenters. The molecule has 0 N–H and O–H groups in total. The number of ether oxygens (including phenoxy) is 1. The first-order valence-electron chi connectivity index (χ1n) is 13.1. The molecular weight excluding hydrogens is 488 g/mol. The highest BCUT2D eigenvalue weighted by molar-refractivity contribution is 6.23. The van der Waals surface area contributed by atoms with Crippen molar-refractivity contribution in [2.24, 2.45) is 5.92 Å². The number of amides is 4. The summed E-state index contributed by atoms with van der Waals surface area (Å²) < 4.78 is 10.7. The van der Waals surface area contributed by atoms with E-state index in [9.17, 15) is 19.2 Å². The van der Waals surface area contributed by atoms with Crippen LogP contribution in [0.2, 0.25) is 0 Å². The van der Waals surface area contributed by atoms with Gasteiger partial charge in [-0.15, -0.1) is 0 Å². The van der Waals surface area contributed by atoms with Gasteiger partial charge in [0, 0.05) is 46.4 Å². The van der Waals surface area contributed by atoms with E-state index in [0.29, 0.717) is 61.8 Å². The van der Waals surface area contributed by atoms with E-state index in [1.165, 1.54) is 11.2 Å². The first kappa shape index (κ1) is 26.0. The van der Waals surface area contributed by atoms with Gasteiger partial charge in [-0.25, -0.2) is 0 Å². The predicted octanol–water partition coefficient (Wildman–Crippen LogP) is 2.50. The molecule has 5 rings (SSSR count). The number of carbonyl (C=O) groups excluding carboxylic acids is 4. The number of piperazine rings is 1. The van der Waals surface area contributed by atoms with Crippen LogP contribution >= 0.6 is 0 Å². The zero-order valence-corrected chi connectivity index (χ0v) is 22.1. The first-order chi connectivity index (χ1) is 18.2. The molecule has 2 saturated heterocycles. The Balaban J connectivity index is 1.26. The number of imide groups is 1. The molecule has 1 aromatic heterocycles. The number of benzene rings is 1. The average Bonchev–Trinajstić information content (AvgIpc) is 3.56. The second-order valence-electron chi connectivity index (χ2n) is 10.7. The highest BCUT2D eigenvalue weighted by Gasteiger charge is 2.42. The number of methoxy groups -OCH3 is 1. The Bertz CT molecular complexity index is 1230. The van der Waals surface area contributed by atoms with Crippen LogP contribution in [0.15, 0.2) is 41.0 Å². The minimum Gasteiger partial charge on any atom is -0.459 e. The summed E-state index contributed by atoms with van der Waals surface area (Å²) in [5.74, 6) is -0.646. The predicted molar refractivity (Wildman–Crippen MR) is 139 cm³/mol. The summed E-state index contributed by atoms with van der Waals surface area (Å²) in [6, 6.07) is 8.68. The first-order valence-corrected chi connectivity index (χ1v) is 13.1. The molecule has 10 nitrogen and oxygen atoms in total. The fraction of sp³-hybridized carbons (Fsp3) is 0.500. The summed E-state index contributed by atoms with van der Waals surface area (Å²) in [6.45, 7) is 6.87. The Morgan fingerprint density at radius 1 is 1.00 bits per heavy atom. The quantitative estimate of drug-likeness (QED) is 0.537. The van der Waals surface area contributed by atoms with E-state index in [2.05, 4.69) is 4.90 Å². The van der Waals surface area contributed by atoms with Crippen LogP contribution in [0.3, 0.4) is 0 Å². The number of anilines is 1. The zero-order valence-electron chi connectivity index (χ0n) is 22.1. The number of fused-ring (bicyclic) bond motifs is 1. The largest absolute Gasteiger partial charge is 0.459 e. The molecule has 0 spiro atoms. The second kappa shape index (κ2) is 10.2. The summed E-state index contributed by atoms with van der Waals surface area (Å²) in [4.78, 5) is 59.4. The van der Waals surface area contributed by atoms with Crippen LogP contribution in [0.4, 0.5) is 5.69 Å². The molecule has 2 fully saturated rings. The molecule has 10 heteroatoms. The van der Waals surface area contributed by atoms with E-state index in [-0.39, 0.29) is 36.1 Å². The van der Waals surface area contributed by atoms with Gasteiger partial charge in [0.25, 0.3) is 17.7 Å². The molecule has 3 aliphatic heterocycles. The highest BCUT2D eigenvalue weighted by atomic mass is 16.5. The topological polar surface area (TPSA) is 104 Å². The Labute approximate surface area is 222 Å². The average molecular weight is 523 g/mol. The van der Waals surface area contributed by atoms with E-state index in [1.807, 2.05) is 24.8 Å². The van der Waals surface area contributed by atoms with Crippen molar-refractivity contribution in [3.8, 4) is 0 Å². The molecule has 0 aliphatic carbocycles. The molecular formula is C28H34N4O6. The van der Waals surface area contributed by atoms with Crippen LogP contribution in [0.1, 0.15) is 58.0 Å². The number of hydrogen-bond donors (Lipinski definition) is 0. The van der Waals surface area contributed by atoms with Crippen molar-refractivity contribution in [1.82, 2.24) is 14.7 Å². The minimum absolute atomic E-state index is 0.0678. The number of piperidine rings is 1. The third-order valence-electron chi connectivity index (χ3n) is 7.79. The van der Waals surface area contributed by atoms with Crippen LogP contribution in [0.5, 0.6) is 0 Å². The van der Waals surface area contributed by atoms with Crippen LogP contribution in [0, 0.1) is 5.92 Å². The number of rotatable bonds is 6. The van der Waals surface area contributed by atoms with E-state index in [0.717, 1.165) is 12.8 Å². The summed E-state index contributed by atoms with van der Waals surface area (Å²) >= 11 is 0. The summed E-state index contributed by atoms with van der Waals surface area (Å²) in [6.07, 6.45) is 3.04. The number of carbonyl (C=O) groups is 4. The van der Waals surface area contributed by atoms with Crippen molar-refractivity contribution >= 4 is 29.3 Å². The van der Waals surface area contributed by atoms with Crippen molar-refractivity contribution in [3.05, 3.63) is 53.5 Å². The van der Waals surface area contributed by atoms with Crippen molar-refractivity contribution in [2.45, 2.75) is 32.3 Å². The van der Waals surface area contributed by atoms with Crippen molar-refractivity contribution < 1.29 is 28.3 Å². The molecule has 38 heavy (non-hydrogen) atoms. The monoisotopic (exact) mass is 522 g/mol. The van der Waals surface area contributed by atoms with E-state index in [1.54, 1.807) is 36.3 Å². The fourth-order valence-electron chi connectivity index (χ4n) is 5.51. The minimum atomic E-state index is -0.664. The van der Waals surface area contributed by atoms with Gasteiger partial charge in [-0.05, 0) is 51.0 Å². The smallest absolute Gasteiger partial charge is 0.289 e. The third kappa shape index (κ3) is 4.80. The van der Waals surface area contributed by atoms with Gasteiger partial charge in [-0.3, -0.25) is 24.1 Å². The Hall–Kier alpha value is -3.66. The molecule has 3 aliphatic rings. The molecule has 4 heterocycles. The van der Waals surface area contributed by atoms with Gasteiger partial charge >= 0.3 is 0 Å². The van der Waals surface area contributed by atoms with E-state index >= 15 is 0 Å².